The minimum atomic E-state index is -0.916. The van der Waals surface area contributed by atoms with E-state index >= 15 is 0 Å². The van der Waals surface area contributed by atoms with E-state index in [9.17, 15) is 14.4 Å². The first-order valence-electron chi connectivity index (χ1n) is 6.22. The van der Waals surface area contributed by atoms with Crippen LogP contribution < -0.4 is 10.6 Å². The molecule has 0 radical (unpaired) electrons. The van der Waals surface area contributed by atoms with Gasteiger partial charge in [-0.05, 0) is 12.1 Å². The van der Waals surface area contributed by atoms with Crippen LogP contribution in [0, 0.1) is 12.3 Å². The van der Waals surface area contributed by atoms with Gasteiger partial charge in [0.15, 0.2) is 0 Å². The van der Waals surface area contributed by atoms with E-state index in [0.29, 0.717) is 5.56 Å². The summed E-state index contributed by atoms with van der Waals surface area (Å²) < 4.78 is 4.52. The van der Waals surface area contributed by atoms with Crippen molar-refractivity contribution in [2.45, 2.75) is 12.5 Å². The maximum absolute atomic E-state index is 11.7. The summed E-state index contributed by atoms with van der Waals surface area (Å²) in [4.78, 5) is 34.8. The second kappa shape index (κ2) is 8.38. The monoisotopic (exact) mass is 288 g/mol. The highest BCUT2D eigenvalue weighted by atomic mass is 16.5. The molecule has 0 aliphatic carbocycles. The highest BCUT2D eigenvalue weighted by molar-refractivity contribution is 5.96. The van der Waals surface area contributed by atoms with Crippen molar-refractivity contribution in [3.8, 4) is 12.3 Å². The summed E-state index contributed by atoms with van der Waals surface area (Å²) in [5.41, 5.74) is 0.443. The lowest BCUT2D eigenvalue weighted by Gasteiger charge is -2.14. The number of benzene rings is 1. The summed E-state index contributed by atoms with van der Waals surface area (Å²) in [5, 5.41) is 4.85. The third kappa shape index (κ3) is 5.37. The molecule has 21 heavy (non-hydrogen) atoms. The molecule has 0 saturated heterocycles. The number of carbonyl (C=O) groups is 3. The molecular formula is C15H16N2O4. The summed E-state index contributed by atoms with van der Waals surface area (Å²) in [6.07, 6.45) is 5.14. The maximum Gasteiger partial charge on any atom is 0.329 e. The number of hydrogen-bond acceptors (Lipinski definition) is 4. The summed E-state index contributed by atoms with van der Waals surface area (Å²) in [5.74, 6) is 0.747. The first kappa shape index (κ1) is 16.2. The van der Waals surface area contributed by atoms with Gasteiger partial charge in [-0.2, -0.15) is 0 Å². The quantitative estimate of drug-likeness (QED) is 0.574. The standard InChI is InChI=1S/C15H16N2O4/c1-3-7-12(15(20)21-2)17-13(18)10-16-14(19)11-8-5-4-6-9-11/h1,4-6,8-9,12H,7,10H2,2H3,(H,16,19)(H,17,18)/t12-/m1/s1. The van der Waals surface area contributed by atoms with Gasteiger partial charge in [-0.15, -0.1) is 12.3 Å². The normalized spacial score (nSPS) is 10.9. The van der Waals surface area contributed by atoms with Gasteiger partial charge in [0, 0.05) is 12.0 Å². The Hall–Kier alpha value is -2.81. The van der Waals surface area contributed by atoms with E-state index in [1.807, 2.05) is 0 Å². The lowest BCUT2D eigenvalue weighted by atomic mass is 10.2. The molecule has 0 aliphatic heterocycles. The predicted octanol–water partition coefficient (Wildman–Crippen LogP) is 0.0975. The summed E-state index contributed by atoms with van der Waals surface area (Å²) in [6.45, 7) is -0.258. The molecule has 0 spiro atoms. The number of rotatable bonds is 6. The van der Waals surface area contributed by atoms with Gasteiger partial charge in [0.05, 0.1) is 13.7 Å². The Morgan fingerprint density at radius 1 is 1.29 bits per heavy atom. The van der Waals surface area contributed by atoms with Crippen LogP contribution in [0.15, 0.2) is 30.3 Å². The molecule has 0 aromatic heterocycles. The van der Waals surface area contributed by atoms with Crippen LogP contribution in [-0.4, -0.2) is 37.5 Å². The molecule has 0 unspecified atom stereocenters. The van der Waals surface area contributed by atoms with Crippen molar-refractivity contribution in [3.05, 3.63) is 35.9 Å². The second-order valence-corrected chi connectivity index (χ2v) is 4.10. The number of nitrogens with one attached hydrogen (secondary N) is 2. The lowest BCUT2D eigenvalue weighted by molar-refractivity contribution is -0.144. The topological polar surface area (TPSA) is 84.5 Å². The van der Waals surface area contributed by atoms with Crippen molar-refractivity contribution in [1.82, 2.24) is 10.6 Å². The van der Waals surface area contributed by atoms with Crippen molar-refractivity contribution in [2.75, 3.05) is 13.7 Å². The van der Waals surface area contributed by atoms with Gasteiger partial charge in [0.25, 0.3) is 5.91 Å². The van der Waals surface area contributed by atoms with E-state index in [2.05, 4.69) is 21.3 Å². The molecule has 0 bridgehead atoms. The van der Waals surface area contributed by atoms with Gasteiger partial charge < -0.3 is 15.4 Å². The molecule has 2 amide bonds. The van der Waals surface area contributed by atoms with Crippen LogP contribution in [0.1, 0.15) is 16.8 Å². The van der Waals surface area contributed by atoms with Gasteiger partial charge in [0.2, 0.25) is 5.91 Å². The fourth-order valence-electron chi connectivity index (χ4n) is 1.55. The van der Waals surface area contributed by atoms with E-state index in [1.165, 1.54) is 7.11 Å². The Kier molecular flexibility index (Phi) is 6.48. The van der Waals surface area contributed by atoms with Crippen molar-refractivity contribution in [3.63, 3.8) is 0 Å². The minimum Gasteiger partial charge on any atom is -0.467 e. The number of carbonyl (C=O) groups excluding carboxylic acids is 3. The number of ether oxygens (including phenoxy) is 1. The fraction of sp³-hybridized carbons (Fsp3) is 0.267. The maximum atomic E-state index is 11.7. The van der Waals surface area contributed by atoms with Crippen LogP contribution in [0.3, 0.4) is 0 Å². The van der Waals surface area contributed by atoms with Gasteiger partial charge in [-0.1, -0.05) is 18.2 Å². The van der Waals surface area contributed by atoms with E-state index in [1.54, 1.807) is 30.3 Å². The molecule has 2 N–H and O–H groups in total. The van der Waals surface area contributed by atoms with Crippen molar-refractivity contribution >= 4 is 17.8 Å². The third-order valence-corrected chi connectivity index (χ3v) is 2.59. The largest absolute Gasteiger partial charge is 0.467 e. The van der Waals surface area contributed by atoms with Crippen molar-refractivity contribution in [1.29, 1.82) is 0 Å². The summed E-state index contributed by atoms with van der Waals surface area (Å²) in [7, 11) is 1.20. The lowest BCUT2D eigenvalue weighted by Crippen LogP contribution is -2.45. The zero-order valence-corrected chi connectivity index (χ0v) is 11.6. The Labute approximate surface area is 122 Å². The van der Waals surface area contributed by atoms with Crippen LogP contribution in [0.25, 0.3) is 0 Å². The molecule has 1 aromatic carbocycles. The Morgan fingerprint density at radius 3 is 2.52 bits per heavy atom. The van der Waals surface area contributed by atoms with Crippen LogP contribution in [0.2, 0.25) is 0 Å². The van der Waals surface area contributed by atoms with Gasteiger partial charge >= 0.3 is 5.97 Å². The second-order valence-electron chi connectivity index (χ2n) is 4.10. The van der Waals surface area contributed by atoms with E-state index < -0.39 is 17.9 Å². The third-order valence-electron chi connectivity index (χ3n) is 2.59. The van der Waals surface area contributed by atoms with Crippen molar-refractivity contribution < 1.29 is 19.1 Å². The zero-order chi connectivity index (χ0) is 15.7. The Balaban J connectivity index is 2.48. The fourth-order valence-corrected chi connectivity index (χ4v) is 1.55. The Morgan fingerprint density at radius 2 is 1.95 bits per heavy atom. The molecule has 0 heterocycles. The molecule has 110 valence electrons. The SMILES string of the molecule is C#CC[C@@H](NC(=O)CNC(=O)c1ccccc1)C(=O)OC. The van der Waals surface area contributed by atoms with E-state index in [0.717, 1.165) is 0 Å². The van der Waals surface area contributed by atoms with Crippen molar-refractivity contribution in [2.24, 2.45) is 0 Å². The molecule has 6 heteroatoms. The van der Waals surface area contributed by atoms with E-state index in [4.69, 9.17) is 6.42 Å². The van der Waals surface area contributed by atoms with Crippen LogP contribution in [0.5, 0.6) is 0 Å². The highest BCUT2D eigenvalue weighted by Gasteiger charge is 2.20. The summed E-state index contributed by atoms with van der Waals surface area (Å²) in [6, 6.07) is 7.56. The van der Waals surface area contributed by atoms with Gasteiger partial charge in [-0.25, -0.2) is 4.79 Å². The van der Waals surface area contributed by atoms with Crippen LogP contribution in [0.4, 0.5) is 0 Å². The minimum absolute atomic E-state index is 0.0189. The smallest absolute Gasteiger partial charge is 0.329 e. The summed E-state index contributed by atoms with van der Waals surface area (Å²) >= 11 is 0. The van der Waals surface area contributed by atoms with E-state index in [-0.39, 0.29) is 18.9 Å². The molecular weight excluding hydrogens is 272 g/mol. The molecule has 0 saturated carbocycles. The van der Waals surface area contributed by atoms with Crippen LogP contribution in [-0.2, 0) is 14.3 Å². The zero-order valence-electron chi connectivity index (χ0n) is 11.6. The first-order valence-corrected chi connectivity index (χ1v) is 6.22. The first-order chi connectivity index (χ1) is 10.1. The average molecular weight is 288 g/mol. The predicted molar refractivity (Wildman–Crippen MR) is 76.2 cm³/mol. The number of methoxy groups -OCH3 is 1. The molecule has 6 nitrogen and oxygen atoms in total. The molecule has 1 rings (SSSR count). The molecule has 1 aromatic rings. The van der Waals surface area contributed by atoms with Crippen LogP contribution >= 0.6 is 0 Å². The van der Waals surface area contributed by atoms with Gasteiger partial charge in [0.1, 0.15) is 6.04 Å². The highest BCUT2D eigenvalue weighted by Crippen LogP contribution is 1.97. The number of esters is 1. The average Bonchev–Trinajstić information content (AvgIpc) is 2.52. The van der Waals surface area contributed by atoms with Gasteiger partial charge in [-0.3, -0.25) is 9.59 Å². The number of amides is 2. The molecule has 0 aliphatic rings. The molecule has 1 atom stereocenters. The number of hydrogen-bond donors (Lipinski definition) is 2. The number of terminal acetylenes is 1. The molecule has 0 fully saturated rings. The Bertz CT molecular complexity index is 549.